The SMILES string of the molecule is COc1cccc(C2CCCN2CC(=O)c2c(N)n(C3CC3)c(=O)[nH]c2=O)c1. The molecule has 1 saturated heterocycles. The molecule has 4 rings (SSSR count). The number of ether oxygens (including phenoxy) is 1. The number of aromatic amines is 1. The number of hydrogen-bond donors (Lipinski definition) is 2. The van der Waals surface area contributed by atoms with Crippen molar-refractivity contribution in [3.8, 4) is 5.75 Å². The highest BCUT2D eigenvalue weighted by Gasteiger charge is 2.32. The maximum Gasteiger partial charge on any atom is 0.330 e. The molecule has 28 heavy (non-hydrogen) atoms. The Hall–Kier alpha value is -2.87. The second kappa shape index (κ2) is 7.27. The van der Waals surface area contributed by atoms with E-state index in [-0.39, 0.29) is 35.8 Å². The molecule has 0 radical (unpaired) electrons. The Morgan fingerprint density at radius 2 is 2.07 bits per heavy atom. The first kappa shape index (κ1) is 18.5. The fraction of sp³-hybridized carbons (Fsp3) is 0.450. The van der Waals surface area contributed by atoms with Gasteiger partial charge in [-0.2, -0.15) is 0 Å². The van der Waals surface area contributed by atoms with Gasteiger partial charge in [0.1, 0.15) is 17.1 Å². The number of nitrogens with two attached hydrogens (primary N) is 1. The molecule has 1 unspecified atom stereocenters. The number of ketones is 1. The zero-order valence-electron chi connectivity index (χ0n) is 15.8. The van der Waals surface area contributed by atoms with Crippen LogP contribution in [0.2, 0.25) is 0 Å². The third kappa shape index (κ3) is 3.35. The third-order valence-corrected chi connectivity index (χ3v) is 5.56. The van der Waals surface area contributed by atoms with E-state index in [0.29, 0.717) is 0 Å². The van der Waals surface area contributed by atoms with Gasteiger partial charge < -0.3 is 10.5 Å². The van der Waals surface area contributed by atoms with Gasteiger partial charge in [0.25, 0.3) is 5.56 Å². The Bertz CT molecular complexity index is 1020. The lowest BCUT2D eigenvalue weighted by molar-refractivity contribution is 0.0920. The van der Waals surface area contributed by atoms with Crippen LogP contribution < -0.4 is 21.7 Å². The molecule has 2 fully saturated rings. The molecule has 1 aliphatic carbocycles. The molecule has 1 atom stereocenters. The van der Waals surface area contributed by atoms with Gasteiger partial charge in [0.15, 0.2) is 5.78 Å². The molecule has 0 bridgehead atoms. The summed E-state index contributed by atoms with van der Waals surface area (Å²) in [5, 5.41) is 0. The molecule has 3 N–H and O–H groups in total. The maximum atomic E-state index is 13.0. The summed E-state index contributed by atoms with van der Waals surface area (Å²) in [5.41, 5.74) is 5.79. The van der Waals surface area contributed by atoms with Gasteiger partial charge in [0.05, 0.1) is 13.7 Å². The lowest BCUT2D eigenvalue weighted by Crippen LogP contribution is -2.39. The number of carbonyl (C=O) groups is 1. The number of aromatic nitrogens is 2. The van der Waals surface area contributed by atoms with E-state index in [9.17, 15) is 14.4 Å². The van der Waals surface area contributed by atoms with Crippen LogP contribution in [0.4, 0.5) is 5.82 Å². The number of nitrogens with zero attached hydrogens (tertiary/aromatic N) is 2. The fourth-order valence-electron chi connectivity index (χ4n) is 4.04. The summed E-state index contributed by atoms with van der Waals surface area (Å²) in [5.74, 6) is 0.397. The van der Waals surface area contributed by atoms with Crippen LogP contribution in [-0.2, 0) is 0 Å². The van der Waals surface area contributed by atoms with E-state index in [1.165, 1.54) is 4.57 Å². The molecule has 1 aliphatic heterocycles. The smallest absolute Gasteiger partial charge is 0.330 e. The van der Waals surface area contributed by atoms with Crippen molar-refractivity contribution in [3.05, 3.63) is 56.2 Å². The Kier molecular flexibility index (Phi) is 4.80. The Morgan fingerprint density at radius 1 is 1.29 bits per heavy atom. The normalized spacial score (nSPS) is 19.7. The van der Waals surface area contributed by atoms with E-state index in [0.717, 1.165) is 43.5 Å². The minimum Gasteiger partial charge on any atom is -0.497 e. The number of likely N-dealkylation sites (tertiary alicyclic amines) is 1. The highest BCUT2D eigenvalue weighted by molar-refractivity contribution is 6.01. The van der Waals surface area contributed by atoms with Crippen molar-refractivity contribution >= 4 is 11.6 Å². The summed E-state index contributed by atoms with van der Waals surface area (Å²) in [6, 6.07) is 7.86. The molecular formula is C20H24N4O4. The Labute approximate surface area is 161 Å². The highest BCUT2D eigenvalue weighted by atomic mass is 16.5. The van der Waals surface area contributed by atoms with E-state index in [1.807, 2.05) is 24.3 Å². The van der Waals surface area contributed by atoms with Gasteiger partial charge >= 0.3 is 5.69 Å². The summed E-state index contributed by atoms with van der Waals surface area (Å²) in [6.45, 7) is 0.839. The molecule has 8 nitrogen and oxygen atoms in total. The van der Waals surface area contributed by atoms with Crippen LogP contribution in [0.1, 0.15) is 53.7 Å². The molecule has 2 aromatic rings. The van der Waals surface area contributed by atoms with Crippen molar-refractivity contribution in [1.82, 2.24) is 14.5 Å². The first-order valence-electron chi connectivity index (χ1n) is 9.55. The number of carbonyl (C=O) groups excluding carboxylic acids is 1. The van der Waals surface area contributed by atoms with Gasteiger partial charge in [-0.3, -0.25) is 24.0 Å². The van der Waals surface area contributed by atoms with Crippen molar-refractivity contribution in [2.24, 2.45) is 0 Å². The van der Waals surface area contributed by atoms with E-state index < -0.39 is 11.2 Å². The van der Waals surface area contributed by atoms with Crippen LogP contribution in [-0.4, -0.2) is 40.4 Å². The van der Waals surface area contributed by atoms with Gasteiger partial charge in [0, 0.05) is 12.1 Å². The summed E-state index contributed by atoms with van der Waals surface area (Å²) in [7, 11) is 1.62. The summed E-state index contributed by atoms with van der Waals surface area (Å²) in [4.78, 5) is 41.6. The summed E-state index contributed by atoms with van der Waals surface area (Å²) < 4.78 is 6.65. The molecule has 0 spiro atoms. The standard InChI is InChI=1S/C20H24N4O4/c1-28-14-5-2-4-12(10-14)15-6-3-9-23(15)11-16(25)17-18(21)24(13-7-8-13)20(27)22-19(17)26/h2,4-5,10,13,15H,3,6-9,11,21H2,1H3,(H,22,26,27). The van der Waals surface area contributed by atoms with Crippen molar-refractivity contribution in [2.75, 3.05) is 25.9 Å². The molecular weight excluding hydrogens is 360 g/mol. The van der Waals surface area contributed by atoms with Crippen LogP contribution in [0.5, 0.6) is 5.75 Å². The van der Waals surface area contributed by atoms with E-state index in [1.54, 1.807) is 7.11 Å². The number of nitrogens with one attached hydrogen (secondary N) is 1. The number of nitrogen functional groups attached to an aromatic ring is 1. The van der Waals surface area contributed by atoms with Crippen LogP contribution in [0.15, 0.2) is 33.9 Å². The Balaban J connectivity index is 1.60. The first-order chi connectivity index (χ1) is 13.5. The van der Waals surface area contributed by atoms with Gasteiger partial charge in [-0.05, 0) is 49.9 Å². The summed E-state index contributed by atoms with van der Waals surface area (Å²) >= 11 is 0. The minimum absolute atomic E-state index is 0.0154. The van der Waals surface area contributed by atoms with E-state index >= 15 is 0 Å². The first-order valence-corrected chi connectivity index (χ1v) is 9.55. The minimum atomic E-state index is -0.707. The molecule has 1 aromatic heterocycles. The largest absolute Gasteiger partial charge is 0.497 e. The van der Waals surface area contributed by atoms with Crippen LogP contribution >= 0.6 is 0 Å². The van der Waals surface area contributed by atoms with Crippen molar-refractivity contribution in [3.63, 3.8) is 0 Å². The van der Waals surface area contributed by atoms with Gasteiger partial charge in [-0.25, -0.2) is 4.79 Å². The maximum absolute atomic E-state index is 13.0. The number of rotatable bonds is 6. The van der Waals surface area contributed by atoms with Crippen molar-refractivity contribution < 1.29 is 9.53 Å². The molecule has 148 valence electrons. The zero-order valence-corrected chi connectivity index (χ0v) is 15.8. The number of hydrogen-bond acceptors (Lipinski definition) is 6. The summed E-state index contributed by atoms with van der Waals surface area (Å²) in [6.07, 6.45) is 3.54. The fourth-order valence-corrected chi connectivity index (χ4v) is 4.04. The molecule has 2 aliphatic rings. The number of Topliss-reactive ketones (excluding diaryl/α,β-unsaturated/α-hetero) is 1. The zero-order chi connectivity index (χ0) is 19.8. The molecule has 1 aromatic carbocycles. The number of methoxy groups -OCH3 is 1. The topological polar surface area (TPSA) is 110 Å². The third-order valence-electron chi connectivity index (χ3n) is 5.56. The monoisotopic (exact) mass is 384 g/mol. The highest BCUT2D eigenvalue weighted by Crippen LogP contribution is 2.36. The van der Waals surface area contributed by atoms with Crippen molar-refractivity contribution in [1.29, 1.82) is 0 Å². The van der Waals surface area contributed by atoms with Crippen molar-refractivity contribution in [2.45, 2.75) is 37.8 Å². The molecule has 1 saturated carbocycles. The number of anilines is 1. The predicted molar refractivity (Wildman–Crippen MR) is 105 cm³/mol. The quantitative estimate of drug-likeness (QED) is 0.730. The molecule has 8 heteroatoms. The number of benzene rings is 1. The molecule has 0 amide bonds. The van der Waals surface area contributed by atoms with Gasteiger partial charge in [-0.15, -0.1) is 0 Å². The lowest BCUT2D eigenvalue weighted by atomic mass is 10.0. The van der Waals surface area contributed by atoms with Crippen LogP contribution in [0, 0.1) is 0 Å². The van der Waals surface area contributed by atoms with E-state index in [4.69, 9.17) is 10.5 Å². The molecule has 2 heterocycles. The van der Waals surface area contributed by atoms with E-state index in [2.05, 4.69) is 9.88 Å². The average Bonchev–Trinajstić information content (AvgIpc) is 3.39. The number of H-pyrrole nitrogens is 1. The lowest BCUT2D eigenvalue weighted by Gasteiger charge is -2.24. The predicted octanol–water partition coefficient (Wildman–Crippen LogP) is 1.48. The van der Waals surface area contributed by atoms with Gasteiger partial charge in [0.2, 0.25) is 0 Å². The Morgan fingerprint density at radius 3 is 2.79 bits per heavy atom. The second-order valence-electron chi connectivity index (χ2n) is 7.45. The van der Waals surface area contributed by atoms with Crippen LogP contribution in [0.3, 0.4) is 0 Å². The van der Waals surface area contributed by atoms with Gasteiger partial charge in [-0.1, -0.05) is 12.1 Å². The second-order valence-corrected chi connectivity index (χ2v) is 7.45. The average molecular weight is 384 g/mol. The van der Waals surface area contributed by atoms with Crippen LogP contribution in [0.25, 0.3) is 0 Å².